The van der Waals surface area contributed by atoms with Crippen LogP contribution in [0.2, 0.25) is 0 Å². The molecule has 0 bridgehead atoms. The van der Waals surface area contributed by atoms with E-state index < -0.39 is 0 Å². The molecule has 0 saturated heterocycles. The molecule has 2 aromatic rings. The van der Waals surface area contributed by atoms with Crippen LogP contribution in [0.15, 0.2) is 34.9 Å². The van der Waals surface area contributed by atoms with Crippen molar-refractivity contribution in [3.05, 3.63) is 36.2 Å². The predicted octanol–water partition coefficient (Wildman–Crippen LogP) is 2.90. The molecule has 3 rings (SSSR count). The first-order valence-corrected chi connectivity index (χ1v) is 9.88. The zero-order chi connectivity index (χ0) is 20.1. The van der Waals surface area contributed by atoms with Crippen molar-refractivity contribution in [2.24, 2.45) is 11.8 Å². The molecule has 1 fully saturated rings. The van der Waals surface area contributed by atoms with Crippen molar-refractivity contribution < 1.29 is 14.1 Å². The summed E-state index contributed by atoms with van der Waals surface area (Å²) >= 11 is 0. The Morgan fingerprint density at radius 3 is 2.64 bits per heavy atom. The second-order valence-corrected chi connectivity index (χ2v) is 7.82. The van der Waals surface area contributed by atoms with Crippen LogP contribution >= 0.6 is 0 Å². The number of nitrogens with zero attached hydrogens (tertiary/aromatic N) is 2. The summed E-state index contributed by atoms with van der Waals surface area (Å²) in [4.78, 5) is 29.1. The Balaban J connectivity index is 1.76. The highest BCUT2D eigenvalue weighted by Crippen LogP contribution is 2.38. The van der Waals surface area contributed by atoms with E-state index in [1.807, 2.05) is 30.3 Å². The molecule has 0 aliphatic heterocycles. The van der Waals surface area contributed by atoms with E-state index in [0.29, 0.717) is 36.9 Å². The lowest BCUT2D eigenvalue weighted by molar-refractivity contribution is -0.125. The second kappa shape index (κ2) is 8.99. The molecule has 0 spiro atoms. The fourth-order valence-corrected chi connectivity index (χ4v) is 3.68. The van der Waals surface area contributed by atoms with Crippen LogP contribution in [0, 0.1) is 11.8 Å². The Labute approximate surface area is 165 Å². The van der Waals surface area contributed by atoms with Crippen molar-refractivity contribution in [1.29, 1.82) is 0 Å². The minimum absolute atomic E-state index is 0.00375. The van der Waals surface area contributed by atoms with Crippen LogP contribution in [-0.2, 0) is 9.59 Å². The van der Waals surface area contributed by atoms with Crippen molar-refractivity contribution in [3.8, 4) is 11.4 Å². The number of carbonyl (C=O) groups is 2. The fourth-order valence-electron chi connectivity index (χ4n) is 3.68. The van der Waals surface area contributed by atoms with Crippen LogP contribution in [-0.4, -0.2) is 35.0 Å². The van der Waals surface area contributed by atoms with Crippen molar-refractivity contribution in [3.63, 3.8) is 0 Å². The average Bonchev–Trinajstić information content (AvgIpc) is 3.33. The van der Waals surface area contributed by atoms with Crippen LogP contribution < -0.4 is 10.6 Å². The van der Waals surface area contributed by atoms with Gasteiger partial charge in [0.2, 0.25) is 23.5 Å². The number of nitrogens with one attached hydrogen (secondary N) is 2. The Morgan fingerprint density at radius 2 is 1.96 bits per heavy atom. The minimum atomic E-state index is -0.189. The molecule has 7 heteroatoms. The van der Waals surface area contributed by atoms with Crippen LogP contribution in [0.5, 0.6) is 0 Å². The van der Waals surface area contributed by atoms with Crippen LogP contribution in [0.1, 0.15) is 51.3 Å². The average molecular weight is 384 g/mol. The van der Waals surface area contributed by atoms with E-state index in [9.17, 15) is 9.59 Å². The molecule has 28 heavy (non-hydrogen) atoms. The molecular formula is C21H28N4O3. The van der Waals surface area contributed by atoms with Crippen LogP contribution in [0.3, 0.4) is 0 Å². The number of hydrogen-bond acceptors (Lipinski definition) is 5. The SMILES string of the molecule is CNC(=O)C1CC(NC(=O)CCC(C)C)C(c2nc(-c3ccccc3)no2)C1. The smallest absolute Gasteiger partial charge is 0.232 e. The van der Waals surface area contributed by atoms with Crippen molar-refractivity contribution in [2.75, 3.05) is 7.05 Å². The van der Waals surface area contributed by atoms with E-state index in [1.54, 1.807) is 7.05 Å². The third kappa shape index (κ3) is 4.77. The summed E-state index contributed by atoms with van der Waals surface area (Å²) in [7, 11) is 1.63. The zero-order valence-corrected chi connectivity index (χ0v) is 16.6. The van der Waals surface area contributed by atoms with E-state index in [4.69, 9.17) is 4.52 Å². The fraction of sp³-hybridized carbons (Fsp3) is 0.524. The van der Waals surface area contributed by atoms with E-state index in [0.717, 1.165) is 12.0 Å². The summed E-state index contributed by atoms with van der Waals surface area (Å²) in [5, 5.41) is 9.89. The summed E-state index contributed by atoms with van der Waals surface area (Å²) < 4.78 is 5.53. The highest BCUT2D eigenvalue weighted by atomic mass is 16.5. The van der Waals surface area contributed by atoms with E-state index in [1.165, 1.54) is 0 Å². The van der Waals surface area contributed by atoms with Gasteiger partial charge >= 0.3 is 0 Å². The molecule has 3 unspecified atom stereocenters. The quantitative estimate of drug-likeness (QED) is 0.765. The highest BCUT2D eigenvalue weighted by Gasteiger charge is 2.42. The van der Waals surface area contributed by atoms with Crippen molar-refractivity contribution >= 4 is 11.8 Å². The first kappa shape index (κ1) is 20.0. The Bertz CT molecular complexity index is 803. The lowest BCUT2D eigenvalue weighted by atomic mass is 10.0. The summed E-state index contributed by atoms with van der Waals surface area (Å²) in [5.41, 5.74) is 0.871. The minimum Gasteiger partial charge on any atom is -0.359 e. The van der Waals surface area contributed by atoms with Gasteiger partial charge in [-0.1, -0.05) is 49.3 Å². The molecule has 1 saturated carbocycles. The molecule has 3 atom stereocenters. The topological polar surface area (TPSA) is 97.1 Å². The van der Waals surface area contributed by atoms with Crippen LogP contribution in [0.4, 0.5) is 0 Å². The maximum atomic E-state index is 12.4. The van der Waals surface area contributed by atoms with Crippen molar-refractivity contribution in [2.45, 2.75) is 51.5 Å². The first-order chi connectivity index (χ1) is 13.5. The number of aromatic nitrogens is 2. The normalized spacial score (nSPS) is 21.6. The van der Waals surface area contributed by atoms with Gasteiger partial charge in [0.15, 0.2) is 0 Å². The number of benzene rings is 1. The molecule has 2 amide bonds. The molecule has 7 nitrogen and oxygen atoms in total. The van der Waals surface area contributed by atoms with Gasteiger partial charge in [-0.15, -0.1) is 0 Å². The van der Waals surface area contributed by atoms with E-state index >= 15 is 0 Å². The maximum Gasteiger partial charge on any atom is 0.232 e. The largest absolute Gasteiger partial charge is 0.359 e. The van der Waals surface area contributed by atoms with Gasteiger partial charge in [-0.3, -0.25) is 9.59 Å². The lowest BCUT2D eigenvalue weighted by Gasteiger charge is -2.18. The first-order valence-electron chi connectivity index (χ1n) is 9.88. The van der Waals surface area contributed by atoms with E-state index in [2.05, 4.69) is 34.6 Å². The van der Waals surface area contributed by atoms with Gasteiger partial charge in [0, 0.05) is 31.0 Å². The van der Waals surface area contributed by atoms with Gasteiger partial charge in [-0.25, -0.2) is 0 Å². The van der Waals surface area contributed by atoms with Gasteiger partial charge in [-0.2, -0.15) is 4.98 Å². The Hall–Kier alpha value is -2.70. The third-order valence-electron chi connectivity index (χ3n) is 5.27. The number of hydrogen-bond donors (Lipinski definition) is 2. The maximum absolute atomic E-state index is 12.4. The Kier molecular flexibility index (Phi) is 6.44. The Morgan fingerprint density at radius 1 is 1.21 bits per heavy atom. The number of carbonyl (C=O) groups excluding carboxylic acids is 2. The van der Waals surface area contributed by atoms with Crippen molar-refractivity contribution in [1.82, 2.24) is 20.8 Å². The molecule has 1 aliphatic carbocycles. The number of rotatable bonds is 7. The molecule has 0 radical (unpaired) electrons. The molecule has 1 aliphatic rings. The molecule has 1 heterocycles. The lowest BCUT2D eigenvalue weighted by Crippen LogP contribution is -2.37. The van der Waals surface area contributed by atoms with Gasteiger partial charge in [-0.05, 0) is 25.2 Å². The summed E-state index contributed by atoms with van der Waals surface area (Å²) in [6, 6.07) is 9.41. The van der Waals surface area contributed by atoms with Gasteiger partial charge in [0.25, 0.3) is 0 Å². The second-order valence-electron chi connectivity index (χ2n) is 7.82. The summed E-state index contributed by atoms with van der Waals surface area (Å²) in [6.07, 6.45) is 2.46. The third-order valence-corrected chi connectivity index (χ3v) is 5.27. The standard InChI is InChI=1S/C21H28N4O3/c1-13(2)9-10-18(26)23-17-12-15(20(27)22-3)11-16(17)21-24-19(25-28-21)14-7-5-4-6-8-14/h4-8,13,15-17H,9-12H2,1-3H3,(H,22,27)(H,23,26). The van der Waals surface area contributed by atoms with Gasteiger partial charge < -0.3 is 15.2 Å². The van der Waals surface area contributed by atoms with E-state index in [-0.39, 0.29) is 29.7 Å². The zero-order valence-electron chi connectivity index (χ0n) is 16.6. The summed E-state index contributed by atoms with van der Waals surface area (Å²) in [5.74, 6) is 1.08. The van der Waals surface area contributed by atoms with Gasteiger partial charge in [0.1, 0.15) is 0 Å². The molecule has 150 valence electrons. The monoisotopic (exact) mass is 384 g/mol. The van der Waals surface area contributed by atoms with Gasteiger partial charge in [0.05, 0.1) is 5.92 Å². The highest BCUT2D eigenvalue weighted by molar-refractivity contribution is 5.80. The predicted molar refractivity (Wildman–Crippen MR) is 105 cm³/mol. The summed E-state index contributed by atoms with van der Waals surface area (Å²) in [6.45, 7) is 4.19. The molecule has 1 aromatic carbocycles. The molecule has 2 N–H and O–H groups in total. The van der Waals surface area contributed by atoms with Crippen LogP contribution in [0.25, 0.3) is 11.4 Å². The number of amides is 2. The molecular weight excluding hydrogens is 356 g/mol. The molecule has 1 aromatic heterocycles.